The molecule has 1 aromatic heterocycles. The fourth-order valence-corrected chi connectivity index (χ4v) is 1.78. The van der Waals surface area contributed by atoms with E-state index in [1.54, 1.807) is 6.20 Å². The van der Waals surface area contributed by atoms with Gasteiger partial charge in [0.15, 0.2) is 0 Å². The number of nitrogens with one attached hydrogen (secondary N) is 1. The van der Waals surface area contributed by atoms with Crippen molar-refractivity contribution >= 4 is 5.82 Å². The van der Waals surface area contributed by atoms with Gasteiger partial charge in [-0.2, -0.15) is 5.10 Å². The van der Waals surface area contributed by atoms with Gasteiger partial charge in [-0.3, -0.25) is 0 Å². The van der Waals surface area contributed by atoms with Crippen LogP contribution in [-0.2, 0) is 0 Å². The van der Waals surface area contributed by atoms with Crippen LogP contribution in [0.15, 0.2) is 18.3 Å². The van der Waals surface area contributed by atoms with Crippen molar-refractivity contribution in [3.05, 3.63) is 18.3 Å². The predicted molar refractivity (Wildman–Crippen MR) is 57.0 cm³/mol. The van der Waals surface area contributed by atoms with Gasteiger partial charge in [0.25, 0.3) is 0 Å². The zero-order chi connectivity index (χ0) is 10.0. The third kappa shape index (κ3) is 1.86. The fourth-order valence-electron chi connectivity index (χ4n) is 1.78. The SMILES string of the molecule is CC(C)C1(CNc2cccnn2)CC1. The van der Waals surface area contributed by atoms with Crippen molar-refractivity contribution in [1.82, 2.24) is 10.2 Å². The maximum absolute atomic E-state index is 4.01. The lowest BCUT2D eigenvalue weighted by atomic mass is 9.92. The molecule has 3 nitrogen and oxygen atoms in total. The van der Waals surface area contributed by atoms with Crippen LogP contribution in [0, 0.1) is 11.3 Å². The lowest BCUT2D eigenvalue weighted by Crippen LogP contribution is -2.21. The van der Waals surface area contributed by atoms with E-state index in [-0.39, 0.29) is 0 Å². The second kappa shape index (κ2) is 3.56. The molecule has 0 aliphatic heterocycles. The van der Waals surface area contributed by atoms with Crippen molar-refractivity contribution in [3.8, 4) is 0 Å². The van der Waals surface area contributed by atoms with Crippen molar-refractivity contribution in [1.29, 1.82) is 0 Å². The van der Waals surface area contributed by atoms with E-state index in [0.29, 0.717) is 5.41 Å². The Bertz CT molecular complexity index is 291. The molecule has 2 rings (SSSR count). The molecule has 1 N–H and O–H groups in total. The normalized spacial score (nSPS) is 18.2. The highest BCUT2D eigenvalue weighted by Gasteiger charge is 2.44. The standard InChI is InChI=1S/C11H17N3/c1-9(2)11(5-6-11)8-12-10-4-3-7-13-14-10/h3-4,7,9H,5-6,8H2,1-2H3,(H,12,14). The van der Waals surface area contributed by atoms with Gasteiger partial charge >= 0.3 is 0 Å². The highest BCUT2D eigenvalue weighted by Crippen LogP contribution is 2.51. The van der Waals surface area contributed by atoms with E-state index in [2.05, 4.69) is 29.4 Å². The first-order valence-electron chi connectivity index (χ1n) is 5.24. The highest BCUT2D eigenvalue weighted by molar-refractivity contribution is 5.32. The van der Waals surface area contributed by atoms with Crippen LogP contribution in [-0.4, -0.2) is 16.7 Å². The van der Waals surface area contributed by atoms with Gasteiger partial charge in [0.05, 0.1) is 0 Å². The minimum Gasteiger partial charge on any atom is -0.368 e. The molecule has 0 saturated heterocycles. The van der Waals surface area contributed by atoms with Crippen LogP contribution in [0.2, 0.25) is 0 Å². The van der Waals surface area contributed by atoms with E-state index in [0.717, 1.165) is 18.3 Å². The maximum atomic E-state index is 4.01. The van der Waals surface area contributed by atoms with E-state index in [1.807, 2.05) is 12.1 Å². The topological polar surface area (TPSA) is 37.8 Å². The zero-order valence-corrected chi connectivity index (χ0v) is 8.83. The average Bonchev–Trinajstić information content (AvgIpc) is 2.97. The van der Waals surface area contributed by atoms with Crippen molar-refractivity contribution in [2.75, 3.05) is 11.9 Å². The van der Waals surface area contributed by atoms with Crippen molar-refractivity contribution in [2.24, 2.45) is 11.3 Å². The summed E-state index contributed by atoms with van der Waals surface area (Å²) in [5.74, 6) is 1.64. The van der Waals surface area contributed by atoms with Crippen molar-refractivity contribution < 1.29 is 0 Å². The molecule has 1 saturated carbocycles. The number of hydrogen-bond acceptors (Lipinski definition) is 3. The molecule has 0 unspecified atom stereocenters. The van der Waals surface area contributed by atoms with Gasteiger partial charge in [-0.15, -0.1) is 5.10 Å². The fraction of sp³-hybridized carbons (Fsp3) is 0.636. The highest BCUT2D eigenvalue weighted by atomic mass is 15.2. The summed E-state index contributed by atoms with van der Waals surface area (Å²) in [5, 5.41) is 11.2. The molecule has 1 aliphatic carbocycles. The first-order valence-corrected chi connectivity index (χ1v) is 5.24. The molecule has 1 fully saturated rings. The summed E-state index contributed by atoms with van der Waals surface area (Å²) in [7, 11) is 0. The summed E-state index contributed by atoms with van der Waals surface area (Å²) in [6, 6.07) is 3.87. The average molecular weight is 191 g/mol. The first-order chi connectivity index (χ1) is 6.73. The molecule has 76 valence electrons. The largest absolute Gasteiger partial charge is 0.368 e. The summed E-state index contributed by atoms with van der Waals surface area (Å²) < 4.78 is 0. The summed E-state index contributed by atoms with van der Waals surface area (Å²) in [5.41, 5.74) is 0.525. The van der Waals surface area contributed by atoms with Gasteiger partial charge in [0, 0.05) is 12.7 Å². The summed E-state index contributed by atoms with van der Waals surface area (Å²) >= 11 is 0. The zero-order valence-electron chi connectivity index (χ0n) is 8.83. The van der Waals surface area contributed by atoms with Gasteiger partial charge in [-0.05, 0) is 36.3 Å². The molecule has 1 aliphatic rings. The van der Waals surface area contributed by atoms with Crippen LogP contribution < -0.4 is 5.32 Å². The maximum Gasteiger partial charge on any atom is 0.148 e. The van der Waals surface area contributed by atoms with E-state index >= 15 is 0 Å². The van der Waals surface area contributed by atoms with E-state index in [1.165, 1.54) is 12.8 Å². The number of hydrogen-bond donors (Lipinski definition) is 1. The summed E-state index contributed by atoms with van der Waals surface area (Å²) in [6.45, 7) is 5.63. The molecule has 0 aromatic carbocycles. The van der Waals surface area contributed by atoms with E-state index in [4.69, 9.17) is 0 Å². The Labute approximate surface area is 84.9 Å². The van der Waals surface area contributed by atoms with Gasteiger partial charge < -0.3 is 5.32 Å². The number of nitrogens with zero attached hydrogens (tertiary/aromatic N) is 2. The molecule has 3 heteroatoms. The molecule has 1 aromatic rings. The molecule has 1 heterocycles. The Balaban J connectivity index is 1.89. The number of anilines is 1. The van der Waals surface area contributed by atoms with Crippen molar-refractivity contribution in [3.63, 3.8) is 0 Å². The second-order valence-corrected chi connectivity index (χ2v) is 4.48. The Morgan fingerprint density at radius 2 is 2.29 bits per heavy atom. The summed E-state index contributed by atoms with van der Waals surface area (Å²) in [6.07, 6.45) is 4.39. The Hall–Kier alpha value is -1.12. The Morgan fingerprint density at radius 3 is 2.79 bits per heavy atom. The third-order valence-electron chi connectivity index (χ3n) is 3.31. The van der Waals surface area contributed by atoms with Crippen LogP contribution in [0.25, 0.3) is 0 Å². The molecular formula is C11H17N3. The number of aromatic nitrogens is 2. The first kappa shape index (κ1) is 9.44. The van der Waals surface area contributed by atoms with Crippen LogP contribution in [0.3, 0.4) is 0 Å². The van der Waals surface area contributed by atoms with Crippen LogP contribution >= 0.6 is 0 Å². The molecule has 14 heavy (non-hydrogen) atoms. The molecule has 0 amide bonds. The lowest BCUT2D eigenvalue weighted by Gasteiger charge is -2.19. The molecule has 0 spiro atoms. The Morgan fingerprint density at radius 1 is 1.50 bits per heavy atom. The van der Waals surface area contributed by atoms with Crippen LogP contribution in [0.4, 0.5) is 5.82 Å². The van der Waals surface area contributed by atoms with Gasteiger partial charge in [0.1, 0.15) is 5.82 Å². The third-order valence-corrected chi connectivity index (χ3v) is 3.31. The van der Waals surface area contributed by atoms with E-state index < -0.39 is 0 Å². The van der Waals surface area contributed by atoms with Crippen LogP contribution in [0.5, 0.6) is 0 Å². The molecule has 0 atom stereocenters. The summed E-state index contributed by atoms with van der Waals surface area (Å²) in [4.78, 5) is 0. The second-order valence-electron chi connectivity index (χ2n) is 4.48. The minimum atomic E-state index is 0.525. The Kier molecular flexibility index (Phi) is 2.40. The van der Waals surface area contributed by atoms with Gasteiger partial charge in [-0.1, -0.05) is 13.8 Å². The smallest absolute Gasteiger partial charge is 0.148 e. The molecule has 0 radical (unpaired) electrons. The van der Waals surface area contributed by atoms with Gasteiger partial charge in [-0.25, -0.2) is 0 Å². The van der Waals surface area contributed by atoms with E-state index in [9.17, 15) is 0 Å². The predicted octanol–water partition coefficient (Wildman–Crippen LogP) is 2.32. The monoisotopic (exact) mass is 191 g/mol. The molecular weight excluding hydrogens is 174 g/mol. The lowest BCUT2D eigenvalue weighted by molar-refractivity contribution is 0.379. The minimum absolute atomic E-state index is 0.525. The number of rotatable bonds is 4. The van der Waals surface area contributed by atoms with Crippen LogP contribution in [0.1, 0.15) is 26.7 Å². The quantitative estimate of drug-likeness (QED) is 0.793. The molecule has 0 bridgehead atoms. The van der Waals surface area contributed by atoms with Gasteiger partial charge in [0.2, 0.25) is 0 Å². The van der Waals surface area contributed by atoms with Crippen molar-refractivity contribution in [2.45, 2.75) is 26.7 Å².